The van der Waals surface area contributed by atoms with Crippen LogP contribution in [0.4, 0.5) is 0 Å². The molecule has 0 unspecified atom stereocenters. The lowest BCUT2D eigenvalue weighted by molar-refractivity contribution is -0.119. The number of rotatable bonds is 2. The zero-order valence-corrected chi connectivity index (χ0v) is 20.0. The maximum Gasteiger partial charge on any atom is 0.162 e. The van der Waals surface area contributed by atoms with Crippen LogP contribution in [0.3, 0.4) is 0 Å². The van der Waals surface area contributed by atoms with Crippen LogP contribution in [0.5, 0.6) is 5.75 Å². The molecule has 3 aliphatic rings. The predicted molar refractivity (Wildman–Crippen MR) is 121 cm³/mol. The quantitative estimate of drug-likeness (QED) is 0.586. The molecular weight excluding hydrogens is 442 g/mol. The fourth-order valence-electron chi connectivity index (χ4n) is 5.50. The zero-order valence-electron chi connectivity index (χ0n) is 18.4. The molecular formula is C25H30BrNO3. The van der Waals surface area contributed by atoms with Crippen molar-refractivity contribution in [3.63, 3.8) is 0 Å². The highest BCUT2D eigenvalue weighted by Gasteiger charge is 2.49. The summed E-state index contributed by atoms with van der Waals surface area (Å²) in [5.74, 6) is -0.189. The second kappa shape index (κ2) is 7.08. The molecule has 1 heterocycles. The molecule has 0 aromatic heterocycles. The van der Waals surface area contributed by atoms with Gasteiger partial charge in [-0.05, 0) is 48.8 Å². The maximum atomic E-state index is 13.5. The number of carbonyl (C=O) groups excluding carboxylic acids is 2. The van der Waals surface area contributed by atoms with Crippen molar-refractivity contribution in [2.75, 3.05) is 6.54 Å². The Morgan fingerprint density at radius 1 is 0.967 bits per heavy atom. The third kappa shape index (κ3) is 3.45. The molecule has 1 N–H and O–H groups in total. The van der Waals surface area contributed by atoms with Gasteiger partial charge in [-0.2, -0.15) is 0 Å². The summed E-state index contributed by atoms with van der Waals surface area (Å²) in [6, 6.07) is 5.28. The molecule has 160 valence electrons. The van der Waals surface area contributed by atoms with E-state index in [4.69, 9.17) is 0 Å². The SMILES string of the molecule is CCN1C2=C(C(=O)CC(C)(C)C2)C(c2cc(Br)ccc2O)C2=C1CC(C)(C)CC2=O. The molecule has 1 aromatic rings. The number of aromatic hydroxyl groups is 1. The second-order valence-corrected chi connectivity index (χ2v) is 11.4. The summed E-state index contributed by atoms with van der Waals surface area (Å²) in [6.45, 7) is 11.3. The molecule has 0 atom stereocenters. The second-order valence-electron chi connectivity index (χ2n) is 10.5. The number of hydrogen-bond donors (Lipinski definition) is 1. The number of ketones is 2. The first kappa shape index (κ1) is 21.4. The number of carbonyl (C=O) groups is 2. The molecule has 2 aliphatic carbocycles. The Kier molecular flexibility index (Phi) is 5.04. The van der Waals surface area contributed by atoms with E-state index in [-0.39, 0.29) is 28.1 Å². The molecule has 5 heteroatoms. The van der Waals surface area contributed by atoms with Crippen LogP contribution in [0.2, 0.25) is 0 Å². The molecule has 4 rings (SSSR count). The van der Waals surface area contributed by atoms with Crippen LogP contribution in [0.1, 0.15) is 71.8 Å². The molecule has 0 bridgehead atoms. The van der Waals surface area contributed by atoms with Crippen molar-refractivity contribution < 1.29 is 14.7 Å². The van der Waals surface area contributed by atoms with E-state index in [1.54, 1.807) is 12.1 Å². The lowest BCUT2D eigenvalue weighted by atomic mass is 9.63. The molecule has 30 heavy (non-hydrogen) atoms. The van der Waals surface area contributed by atoms with Gasteiger partial charge in [0.25, 0.3) is 0 Å². The van der Waals surface area contributed by atoms with Crippen molar-refractivity contribution in [3.05, 3.63) is 50.8 Å². The summed E-state index contributed by atoms with van der Waals surface area (Å²) < 4.78 is 0.824. The third-order valence-electron chi connectivity index (χ3n) is 6.64. The summed E-state index contributed by atoms with van der Waals surface area (Å²) in [5.41, 5.74) is 3.87. The average molecular weight is 472 g/mol. The van der Waals surface area contributed by atoms with Crippen LogP contribution < -0.4 is 0 Å². The molecule has 0 amide bonds. The summed E-state index contributed by atoms with van der Waals surface area (Å²) in [5, 5.41) is 10.8. The summed E-state index contributed by atoms with van der Waals surface area (Å²) in [6.07, 6.45) is 2.49. The van der Waals surface area contributed by atoms with Crippen molar-refractivity contribution in [2.24, 2.45) is 10.8 Å². The van der Waals surface area contributed by atoms with Crippen molar-refractivity contribution in [3.8, 4) is 5.75 Å². The Balaban J connectivity index is 2.03. The first-order valence-electron chi connectivity index (χ1n) is 10.7. The maximum absolute atomic E-state index is 13.5. The van der Waals surface area contributed by atoms with Gasteiger partial charge in [0, 0.05) is 57.9 Å². The van der Waals surface area contributed by atoms with Crippen LogP contribution >= 0.6 is 15.9 Å². The van der Waals surface area contributed by atoms with Gasteiger partial charge in [0.15, 0.2) is 11.6 Å². The molecule has 0 radical (unpaired) electrons. The van der Waals surface area contributed by atoms with E-state index in [2.05, 4.69) is 55.4 Å². The number of Topliss-reactive ketones (excluding diaryl/α,β-unsaturated/α-hetero) is 2. The van der Waals surface area contributed by atoms with Gasteiger partial charge in [0.05, 0.1) is 0 Å². The van der Waals surface area contributed by atoms with Gasteiger partial charge < -0.3 is 10.0 Å². The Hall–Kier alpha value is -1.88. The summed E-state index contributed by atoms with van der Waals surface area (Å²) >= 11 is 3.51. The van der Waals surface area contributed by atoms with Gasteiger partial charge in [-0.25, -0.2) is 0 Å². The van der Waals surface area contributed by atoms with Crippen LogP contribution in [0.15, 0.2) is 45.2 Å². The van der Waals surface area contributed by atoms with Crippen molar-refractivity contribution >= 4 is 27.5 Å². The molecule has 0 fully saturated rings. The Labute approximate surface area is 187 Å². The molecule has 4 nitrogen and oxygen atoms in total. The van der Waals surface area contributed by atoms with Crippen LogP contribution in [0, 0.1) is 10.8 Å². The van der Waals surface area contributed by atoms with E-state index < -0.39 is 5.92 Å². The number of nitrogens with zero attached hydrogens (tertiary/aromatic N) is 1. The average Bonchev–Trinajstić information content (AvgIpc) is 2.60. The van der Waals surface area contributed by atoms with Gasteiger partial charge in [-0.1, -0.05) is 43.6 Å². The lowest BCUT2D eigenvalue weighted by Gasteiger charge is -2.48. The first-order valence-corrected chi connectivity index (χ1v) is 11.5. The molecule has 0 saturated heterocycles. The van der Waals surface area contributed by atoms with Crippen LogP contribution in [-0.4, -0.2) is 28.1 Å². The highest BCUT2D eigenvalue weighted by molar-refractivity contribution is 9.10. The lowest BCUT2D eigenvalue weighted by Crippen LogP contribution is -2.44. The van der Waals surface area contributed by atoms with E-state index in [0.717, 1.165) is 35.3 Å². The fraction of sp³-hybridized carbons (Fsp3) is 0.520. The number of phenols is 1. The molecule has 1 aliphatic heterocycles. The highest BCUT2D eigenvalue weighted by atomic mass is 79.9. The van der Waals surface area contributed by atoms with Gasteiger partial charge in [0.2, 0.25) is 0 Å². The zero-order chi connectivity index (χ0) is 22.0. The summed E-state index contributed by atoms with van der Waals surface area (Å²) in [7, 11) is 0. The minimum atomic E-state index is -0.498. The van der Waals surface area contributed by atoms with Gasteiger partial charge >= 0.3 is 0 Å². The van der Waals surface area contributed by atoms with Crippen molar-refractivity contribution in [2.45, 2.75) is 66.2 Å². The van der Waals surface area contributed by atoms with Gasteiger partial charge in [0.1, 0.15) is 5.75 Å². The van der Waals surface area contributed by atoms with E-state index in [0.29, 0.717) is 29.6 Å². The van der Waals surface area contributed by atoms with Crippen LogP contribution in [0.25, 0.3) is 0 Å². The van der Waals surface area contributed by atoms with Gasteiger partial charge in [-0.15, -0.1) is 0 Å². The van der Waals surface area contributed by atoms with E-state index in [1.807, 2.05) is 6.07 Å². The number of hydrogen-bond acceptors (Lipinski definition) is 4. The fourth-order valence-corrected chi connectivity index (χ4v) is 5.88. The van der Waals surface area contributed by atoms with Crippen molar-refractivity contribution in [1.29, 1.82) is 0 Å². The normalized spacial score (nSPS) is 23.6. The Bertz CT molecular complexity index is 961. The number of benzene rings is 1. The minimum Gasteiger partial charge on any atom is -0.508 e. The molecule has 0 saturated carbocycles. The number of halogens is 1. The molecule has 0 spiro atoms. The van der Waals surface area contributed by atoms with E-state index in [1.165, 1.54) is 0 Å². The Morgan fingerprint density at radius 2 is 1.47 bits per heavy atom. The van der Waals surface area contributed by atoms with E-state index >= 15 is 0 Å². The summed E-state index contributed by atoms with van der Waals surface area (Å²) in [4.78, 5) is 29.2. The predicted octanol–water partition coefficient (Wildman–Crippen LogP) is 5.86. The van der Waals surface area contributed by atoms with Gasteiger partial charge in [-0.3, -0.25) is 9.59 Å². The third-order valence-corrected chi connectivity index (χ3v) is 7.13. The smallest absolute Gasteiger partial charge is 0.162 e. The highest BCUT2D eigenvalue weighted by Crippen LogP contribution is 2.55. The minimum absolute atomic E-state index is 0.0910. The number of phenolic OH excluding ortho intramolecular Hbond substituents is 1. The Morgan fingerprint density at radius 3 is 1.93 bits per heavy atom. The van der Waals surface area contributed by atoms with Crippen molar-refractivity contribution in [1.82, 2.24) is 4.90 Å². The largest absolute Gasteiger partial charge is 0.508 e. The van der Waals surface area contributed by atoms with Crippen LogP contribution in [-0.2, 0) is 9.59 Å². The first-order chi connectivity index (χ1) is 13.9. The standard InChI is InChI=1S/C25H30BrNO3/c1-6-27-16-10-24(2,3)12-19(29)22(16)21(15-9-14(26)7-8-18(15)28)23-17(27)11-25(4,5)13-20(23)30/h7-9,21,28H,6,10-13H2,1-5H3. The molecule has 1 aromatic carbocycles. The topological polar surface area (TPSA) is 57.6 Å². The number of allylic oxidation sites excluding steroid dienone is 4. The monoisotopic (exact) mass is 471 g/mol. The van der Waals surface area contributed by atoms with E-state index in [9.17, 15) is 14.7 Å².